The number of nitrogens with one attached hydrogen (secondary N) is 1. The van der Waals surface area contributed by atoms with Crippen LogP contribution in [0.4, 0.5) is 8.78 Å². The van der Waals surface area contributed by atoms with Gasteiger partial charge in [0.25, 0.3) is 0 Å². The Hall–Kier alpha value is -1.00. The molecule has 0 amide bonds. The summed E-state index contributed by atoms with van der Waals surface area (Å²) in [7, 11) is 0. The molecule has 1 aliphatic heterocycles. The van der Waals surface area contributed by atoms with E-state index in [1.165, 1.54) is 0 Å². The molecule has 1 saturated heterocycles. The van der Waals surface area contributed by atoms with Crippen molar-refractivity contribution in [2.75, 3.05) is 26.2 Å². The van der Waals surface area contributed by atoms with Gasteiger partial charge in [0, 0.05) is 37.8 Å². The highest BCUT2D eigenvalue weighted by atomic mass is 19.2. The minimum atomic E-state index is -0.703. The molecule has 0 aliphatic carbocycles. The van der Waals surface area contributed by atoms with E-state index in [0.29, 0.717) is 17.0 Å². The third kappa shape index (κ3) is 3.01. The van der Waals surface area contributed by atoms with Gasteiger partial charge in [-0.15, -0.1) is 0 Å². The number of rotatable bonds is 4. The summed E-state index contributed by atoms with van der Waals surface area (Å²) in [5.41, 5.74) is 0.874. The second-order valence-electron chi connectivity index (χ2n) is 5.72. The minimum absolute atomic E-state index is 0.0443. The van der Waals surface area contributed by atoms with Crippen LogP contribution in [-0.2, 0) is 0 Å². The number of piperazine rings is 1. The highest BCUT2D eigenvalue weighted by molar-refractivity contribution is 5.28. The fourth-order valence-corrected chi connectivity index (χ4v) is 2.94. The zero-order valence-electron chi connectivity index (χ0n) is 12.5. The third-order valence-corrected chi connectivity index (χ3v) is 4.35. The van der Waals surface area contributed by atoms with Crippen LogP contribution in [0.1, 0.15) is 37.4 Å². The van der Waals surface area contributed by atoms with Crippen LogP contribution < -0.4 is 5.32 Å². The van der Waals surface area contributed by atoms with Crippen LogP contribution >= 0.6 is 0 Å². The Labute approximate surface area is 120 Å². The smallest absolute Gasteiger partial charge is 0.163 e. The van der Waals surface area contributed by atoms with Crippen LogP contribution in [0, 0.1) is 24.5 Å². The Morgan fingerprint density at radius 3 is 2.45 bits per heavy atom. The average Bonchev–Trinajstić information content (AvgIpc) is 2.48. The Balaban J connectivity index is 2.38. The van der Waals surface area contributed by atoms with Crippen molar-refractivity contribution in [1.29, 1.82) is 0 Å². The lowest BCUT2D eigenvalue weighted by molar-refractivity contribution is 0.125. The maximum atomic E-state index is 14.3. The predicted molar refractivity (Wildman–Crippen MR) is 77.7 cm³/mol. The molecule has 1 heterocycles. The summed E-state index contributed by atoms with van der Waals surface area (Å²) < 4.78 is 28.2. The number of nitrogens with zero attached hydrogens (tertiary/aromatic N) is 1. The number of hydrogen-bond donors (Lipinski definition) is 1. The van der Waals surface area contributed by atoms with Crippen LogP contribution in [0.25, 0.3) is 0 Å². The summed E-state index contributed by atoms with van der Waals surface area (Å²) in [6.07, 6.45) is 0.948. The molecule has 1 N–H and O–H groups in total. The van der Waals surface area contributed by atoms with E-state index in [9.17, 15) is 8.78 Å². The highest BCUT2D eigenvalue weighted by Gasteiger charge is 2.29. The fourth-order valence-electron chi connectivity index (χ4n) is 2.94. The van der Waals surface area contributed by atoms with Crippen molar-refractivity contribution in [3.8, 4) is 0 Å². The zero-order valence-corrected chi connectivity index (χ0v) is 12.5. The lowest BCUT2D eigenvalue weighted by Crippen LogP contribution is -2.46. The van der Waals surface area contributed by atoms with E-state index in [-0.39, 0.29) is 6.04 Å². The molecule has 0 aromatic heterocycles. The molecule has 112 valence electrons. The predicted octanol–water partition coefficient (Wildman–Crippen LogP) is 3.27. The van der Waals surface area contributed by atoms with E-state index in [0.717, 1.165) is 32.6 Å². The molecule has 1 aromatic rings. The van der Waals surface area contributed by atoms with Gasteiger partial charge in [0.1, 0.15) is 0 Å². The van der Waals surface area contributed by atoms with Crippen LogP contribution in [0.3, 0.4) is 0 Å². The van der Waals surface area contributed by atoms with Gasteiger partial charge in [0.05, 0.1) is 0 Å². The quantitative estimate of drug-likeness (QED) is 0.912. The molecule has 0 bridgehead atoms. The van der Waals surface area contributed by atoms with Gasteiger partial charge >= 0.3 is 0 Å². The van der Waals surface area contributed by atoms with Gasteiger partial charge in [-0.25, -0.2) is 8.78 Å². The Kier molecular flexibility index (Phi) is 5.11. The lowest BCUT2D eigenvalue weighted by atomic mass is 9.89. The van der Waals surface area contributed by atoms with Crippen molar-refractivity contribution in [2.24, 2.45) is 5.92 Å². The molecule has 0 radical (unpaired) electrons. The number of aryl methyl sites for hydroxylation is 1. The zero-order chi connectivity index (χ0) is 14.7. The summed E-state index contributed by atoms with van der Waals surface area (Å²) in [5, 5.41) is 3.30. The van der Waals surface area contributed by atoms with E-state index in [1.54, 1.807) is 19.1 Å². The van der Waals surface area contributed by atoms with Gasteiger partial charge in [-0.2, -0.15) is 0 Å². The Morgan fingerprint density at radius 1 is 1.20 bits per heavy atom. The molecule has 0 spiro atoms. The third-order valence-electron chi connectivity index (χ3n) is 4.35. The van der Waals surface area contributed by atoms with Crippen molar-refractivity contribution in [1.82, 2.24) is 10.2 Å². The molecule has 2 nitrogen and oxygen atoms in total. The molecule has 2 atom stereocenters. The molecule has 1 aliphatic rings. The summed E-state index contributed by atoms with van der Waals surface area (Å²) in [4.78, 5) is 2.28. The van der Waals surface area contributed by atoms with Gasteiger partial charge in [-0.3, -0.25) is 4.90 Å². The molecule has 2 rings (SSSR count). The normalized spacial score (nSPS) is 19.9. The fraction of sp³-hybridized carbons (Fsp3) is 0.625. The van der Waals surface area contributed by atoms with Crippen molar-refractivity contribution >= 4 is 0 Å². The van der Waals surface area contributed by atoms with Gasteiger partial charge in [0.2, 0.25) is 0 Å². The molecular weight excluding hydrogens is 258 g/mol. The SMILES string of the molecule is CCC(C)[C@@H](c1ccc(C)c(F)c1F)N1CCNCC1. The molecular formula is C16H24F2N2. The summed E-state index contributed by atoms with van der Waals surface area (Å²) in [6, 6.07) is 3.40. The van der Waals surface area contributed by atoms with Crippen molar-refractivity contribution < 1.29 is 8.78 Å². The minimum Gasteiger partial charge on any atom is -0.314 e. The van der Waals surface area contributed by atoms with E-state index >= 15 is 0 Å². The monoisotopic (exact) mass is 282 g/mol. The first-order valence-corrected chi connectivity index (χ1v) is 7.45. The van der Waals surface area contributed by atoms with Gasteiger partial charge in [0.15, 0.2) is 11.6 Å². The van der Waals surface area contributed by atoms with Gasteiger partial charge < -0.3 is 5.32 Å². The van der Waals surface area contributed by atoms with Gasteiger partial charge in [-0.1, -0.05) is 32.4 Å². The maximum absolute atomic E-state index is 14.3. The maximum Gasteiger partial charge on any atom is 0.163 e. The Bertz CT molecular complexity index is 456. The molecule has 0 saturated carbocycles. The highest BCUT2D eigenvalue weighted by Crippen LogP contribution is 2.33. The van der Waals surface area contributed by atoms with E-state index in [2.05, 4.69) is 24.1 Å². The number of hydrogen-bond acceptors (Lipinski definition) is 2. The van der Waals surface area contributed by atoms with Crippen LogP contribution in [-0.4, -0.2) is 31.1 Å². The molecule has 1 unspecified atom stereocenters. The largest absolute Gasteiger partial charge is 0.314 e. The first-order valence-electron chi connectivity index (χ1n) is 7.45. The lowest BCUT2D eigenvalue weighted by Gasteiger charge is -2.38. The van der Waals surface area contributed by atoms with E-state index < -0.39 is 11.6 Å². The summed E-state index contributed by atoms with van der Waals surface area (Å²) in [5.74, 6) is -1.08. The Morgan fingerprint density at radius 2 is 1.85 bits per heavy atom. The van der Waals surface area contributed by atoms with Crippen molar-refractivity contribution in [2.45, 2.75) is 33.2 Å². The average molecular weight is 282 g/mol. The number of benzene rings is 1. The standard InChI is InChI=1S/C16H24F2N2/c1-4-11(2)16(20-9-7-19-8-10-20)13-6-5-12(3)14(17)15(13)18/h5-6,11,16,19H,4,7-10H2,1-3H3/t11?,16-/m0/s1. The van der Waals surface area contributed by atoms with Crippen LogP contribution in [0.5, 0.6) is 0 Å². The second kappa shape index (κ2) is 6.64. The van der Waals surface area contributed by atoms with Crippen molar-refractivity contribution in [3.63, 3.8) is 0 Å². The van der Waals surface area contributed by atoms with Crippen LogP contribution in [0.2, 0.25) is 0 Å². The van der Waals surface area contributed by atoms with Crippen LogP contribution in [0.15, 0.2) is 12.1 Å². The van der Waals surface area contributed by atoms with E-state index in [1.807, 2.05) is 0 Å². The molecule has 1 aromatic carbocycles. The molecule has 20 heavy (non-hydrogen) atoms. The first-order chi connectivity index (χ1) is 9.56. The summed E-state index contributed by atoms with van der Waals surface area (Å²) in [6.45, 7) is 9.39. The topological polar surface area (TPSA) is 15.3 Å². The second-order valence-corrected chi connectivity index (χ2v) is 5.72. The number of halogens is 2. The molecule has 4 heteroatoms. The van der Waals surface area contributed by atoms with Crippen molar-refractivity contribution in [3.05, 3.63) is 34.9 Å². The molecule has 1 fully saturated rings. The van der Waals surface area contributed by atoms with Gasteiger partial charge in [-0.05, 0) is 18.4 Å². The first kappa shape index (κ1) is 15.4. The van der Waals surface area contributed by atoms with E-state index in [4.69, 9.17) is 0 Å². The summed E-state index contributed by atoms with van der Waals surface area (Å²) >= 11 is 0.